The van der Waals surface area contributed by atoms with Gasteiger partial charge in [0, 0.05) is 31.2 Å². The second-order valence-electron chi connectivity index (χ2n) is 5.86. The zero-order valence-corrected chi connectivity index (χ0v) is 14.2. The predicted molar refractivity (Wildman–Crippen MR) is 91.0 cm³/mol. The lowest BCUT2D eigenvalue weighted by atomic mass is 10.1. The SMILES string of the molecule is O=C([C@H]1CCN(c2cc(Cl)ccc2Cl)C1=O)N1CCCNCC1. The second-order valence-corrected chi connectivity index (χ2v) is 6.70. The van der Waals surface area contributed by atoms with Gasteiger partial charge in [-0.15, -0.1) is 0 Å². The van der Waals surface area contributed by atoms with Crippen molar-refractivity contribution in [2.45, 2.75) is 12.8 Å². The summed E-state index contributed by atoms with van der Waals surface area (Å²) in [6.07, 6.45) is 1.43. The maximum Gasteiger partial charge on any atom is 0.239 e. The molecule has 1 aromatic rings. The number of carbonyl (C=O) groups excluding carboxylic acids is 2. The fourth-order valence-corrected chi connectivity index (χ4v) is 3.51. The summed E-state index contributed by atoms with van der Waals surface area (Å²) in [5, 5.41) is 4.25. The number of rotatable bonds is 2. The first-order chi connectivity index (χ1) is 11.1. The Hall–Kier alpha value is -1.30. The van der Waals surface area contributed by atoms with Crippen molar-refractivity contribution in [2.75, 3.05) is 37.6 Å². The summed E-state index contributed by atoms with van der Waals surface area (Å²) < 4.78 is 0. The summed E-state index contributed by atoms with van der Waals surface area (Å²) >= 11 is 12.2. The normalized spacial score (nSPS) is 22.3. The van der Waals surface area contributed by atoms with Crippen molar-refractivity contribution >= 4 is 40.7 Å². The number of anilines is 1. The van der Waals surface area contributed by atoms with Crippen LogP contribution in [0.2, 0.25) is 10.0 Å². The van der Waals surface area contributed by atoms with Gasteiger partial charge in [-0.1, -0.05) is 23.2 Å². The lowest BCUT2D eigenvalue weighted by Gasteiger charge is -2.23. The first-order valence-electron chi connectivity index (χ1n) is 7.84. The van der Waals surface area contributed by atoms with E-state index in [-0.39, 0.29) is 11.8 Å². The van der Waals surface area contributed by atoms with Crippen LogP contribution < -0.4 is 10.2 Å². The fourth-order valence-electron chi connectivity index (χ4n) is 3.13. The van der Waals surface area contributed by atoms with Crippen LogP contribution in [-0.4, -0.2) is 49.4 Å². The summed E-state index contributed by atoms with van der Waals surface area (Å²) in [5.74, 6) is -0.862. The number of amides is 2. The van der Waals surface area contributed by atoms with Crippen LogP contribution in [0.3, 0.4) is 0 Å². The Bertz CT molecular complexity index is 615. The molecule has 2 heterocycles. The van der Waals surface area contributed by atoms with Crippen molar-refractivity contribution in [3.63, 3.8) is 0 Å². The van der Waals surface area contributed by atoms with Gasteiger partial charge in [0.25, 0.3) is 0 Å². The average Bonchev–Trinajstić information content (AvgIpc) is 2.76. The Morgan fingerprint density at radius 2 is 2.00 bits per heavy atom. The van der Waals surface area contributed by atoms with E-state index in [1.165, 1.54) is 0 Å². The van der Waals surface area contributed by atoms with Gasteiger partial charge in [0.15, 0.2) is 0 Å². The van der Waals surface area contributed by atoms with Gasteiger partial charge in [-0.25, -0.2) is 0 Å². The van der Waals surface area contributed by atoms with Crippen molar-refractivity contribution in [2.24, 2.45) is 5.92 Å². The summed E-state index contributed by atoms with van der Waals surface area (Å²) in [6, 6.07) is 5.02. The molecule has 2 amide bonds. The lowest BCUT2D eigenvalue weighted by molar-refractivity contribution is -0.139. The molecule has 3 rings (SSSR count). The minimum atomic E-state index is -0.608. The van der Waals surface area contributed by atoms with Gasteiger partial charge in [-0.3, -0.25) is 9.59 Å². The van der Waals surface area contributed by atoms with Gasteiger partial charge < -0.3 is 15.1 Å². The van der Waals surface area contributed by atoms with E-state index in [1.807, 2.05) is 0 Å². The van der Waals surface area contributed by atoms with Crippen LogP contribution in [0.1, 0.15) is 12.8 Å². The molecule has 2 saturated heterocycles. The first kappa shape index (κ1) is 16.6. The van der Waals surface area contributed by atoms with Crippen molar-refractivity contribution in [1.82, 2.24) is 10.2 Å². The molecule has 23 heavy (non-hydrogen) atoms. The third-order valence-corrected chi connectivity index (χ3v) is 4.91. The number of carbonyl (C=O) groups is 2. The van der Waals surface area contributed by atoms with Crippen molar-refractivity contribution in [3.8, 4) is 0 Å². The van der Waals surface area contributed by atoms with Crippen LogP contribution in [0.15, 0.2) is 18.2 Å². The molecular formula is C16H19Cl2N3O2. The number of hydrogen-bond donors (Lipinski definition) is 1. The van der Waals surface area contributed by atoms with Crippen LogP contribution in [-0.2, 0) is 9.59 Å². The monoisotopic (exact) mass is 355 g/mol. The van der Waals surface area contributed by atoms with E-state index in [4.69, 9.17) is 23.2 Å². The molecule has 1 N–H and O–H groups in total. The molecular weight excluding hydrogens is 337 g/mol. The van der Waals surface area contributed by atoms with Gasteiger partial charge in [-0.05, 0) is 37.6 Å². The second kappa shape index (κ2) is 7.07. The zero-order chi connectivity index (χ0) is 16.4. The molecule has 0 saturated carbocycles. The number of halogens is 2. The molecule has 0 bridgehead atoms. The van der Waals surface area contributed by atoms with Gasteiger partial charge in [0.05, 0.1) is 10.7 Å². The van der Waals surface area contributed by atoms with Crippen molar-refractivity contribution < 1.29 is 9.59 Å². The molecule has 1 atom stereocenters. The number of benzene rings is 1. The standard InChI is InChI=1S/C16H19Cl2N3O2/c17-11-2-3-13(18)14(10-11)21-8-4-12(16(21)23)15(22)20-7-1-5-19-6-9-20/h2-3,10,12,19H,1,4-9H2/t12-/m1/s1. The molecule has 124 valence electrons. The lowest BCUT2D eigenvalue weighted by Crippen LogP contribution is -2.41. The largest absolute Gasteiger partial charge is 0.341 e. The summed E-state index contributed by atoms with van der Waals surface area (Å²) in [7, 11) is 0. The van der Waals surface area contributed by atoms with E-state index >= 15 is 0 Å². The maximum atomic E-state index is 12.7. The van der Waals surface area contributed by atoms with Crippen molar-refractivity contribution in [1.29, 1.82) is 0 Å². The predicted octanol–water partition coefficient (Wildman–Crippen LogP) is 2.17. The Morgan fingerprint density at radius 1 is 1.17 bits per heavy atom. The molecule has 2 aliphatic rings. The third kappa shape index (κ3) is 3.47. The summed E-state index contributed by atoms with van der Waals surface area (Å²) in [6.45, 7) is 3.53. The smallest absolute Gasteiger partial charge is 0.239 e. The van der Waals surface area contributed by atoms with Gasteiger partial charge >= 0.3 is 0 Å². The minimum Gasteiger partial charge on any atom is -0.341 e. The molecule has 0 aromatic heterocycles. The van der Waals surface area contributed by atoms with E-state index < -0.39 is 5.92 Å². The van der Waals surface area contributed by atoms with Gasteiger partial charge in [0.1, 0.15) is 5.92 Å². The average molecular weight is 356 g/mol. The summed E-state index contributed by atoms with van der Waals surface area (Å²) in [4.78, 5) is 28.8. The molecule has 0 aliphatic carbocycles. The Labute approximate surface area is 145 Å². The highest BCUT2D eigenvalue weighted by atomic mass is 35.5. The Kier molecular flexibility index (Phi) is 5.09. The molecule has 0 radical (unpaired) electrons. The first-order valence-corrected chi connectivity index (χ1v) is 8.59. The highest BCUT2D eigenvalue weighted by molar-refractivity contribution is 6.36. The number of hydrogen-bond acceptors (Lipinski definition) is 3. The molecule has 0 spiro atoms. The van der Waals surface area contributed by atoms with E-state index in [0.717, 1.165) is 19.5 Å². The van der Waals surface area contributed by atoms with E-state index in [1.54, 1.807) is 28.0 Å². The fraction of sp³-hybridized carbons (Fsp3) is 0.500. The van der Waals surface area contributed by atoms with Crippen LogP contribution in [0.25, 0.3) is 0 Å². The molecule has 7 heteroatoms. The topological polar surface area (TPSA) is 52.7 Å². The Balaban J connectivity index is 1.75. The maximum absolute atomic E-state index is 12.7. The van der Waals surface area contributed by atoms with Crippen LogP contribution >= 0.6 is 23.2 Å². The summed E-state index contributed by atoms with van der Waals surface area (Å²) in [5.41, 5.74) is 0.581. The molecule has 2 aliphatic heterocycles. The third-order valence-electron chi connectivity index (χ3n) is 4.35. The number of nitrogens with zero attached hydrogens (tertiary/aromatic N) is 2. The highest BCUT2D eigenvalue weighted by Gasteiger charge is 2.40. The minimum absolute atomic E-state index is 0.0700. The van der Waals surface area contributed by atoms with E-state index in [0.29, 0.717) is 41.8 Å². The molecule has 2 fully saturated rings. The number of nitrogens with one attached hydrogen (secondary N) is 1. The van der Waals surface area contributed by atoms with E-state index in [2.05, 4.69) is 5.32 Å². The molecule has 5 nitrogen and oxygen atoms in total. The van der Waals surface area contributed by atoms with Crippen molar-refractivity contribution in [3.05, 3.63) is 28.2 Å². The highest BCUT2D eigenvalue weighted by Crippen LogP contribution is 2.34. The zero-order valence-electron chi connectivity index (χ0n) is 12.7. The van der Waals surface area contributed by atoms with Crippen LogP contribution in [0.4, 0.5) is 5.69 Å². The van der Waals surface area contributed by atoms with E-state index in [9.17, 15) is 9.59 Å². The van der Waals surface area contributed by atoms with Crippen LogP contribution in [0, 0.1) is 5.92 Å². The molecule has 0 unspecified atom stereocenters. The quantitative estimate of drug-likeness (QED) is 0.827. The van der Waals surface area contributed by atoms with Crippen LogP contribution in [0.5, 0.6) is 0 Å². The van der Waals surface area contributed by atoms with Gasteiger partial charge in [-0.2, -0.15) is 0 Å². The van der Waals surface area contributed by atoms with Gasteiger partial charge in [0.2, 0.25) is 11.8 Å². The Morgan fingerprint density at radius 3 is 2.83 bits per heavy atom. The molecule has 1 aromatic carbocycles.